The van der Waals surface area contributed by atoms with E-state index in [1.54, 1.807) is 21.1 Å². The first-order chi connectivity index (χ1) is 12.7. The van der Waals surface area contributed by atoms with Gasteiger partial charge < -0.3 is 19.5 Å². The van der Waals surface area contributed by atoms with Crippen molar-refractivity contribution in [2.75, 3.05) is 19.5 Å². The van der Waals surface area contributed by atoms with Crippen LogP contribution in [0.15, 0.2) is 42.5 Å². The number of amides is 1. The van der Waals surface area contributed by atoms with Crippen LogP contribution in [0.1, 0.15) is 38.8 Å². The Morgan fingerprint density at radius 2 is 1.81 bits per heavy atom. The minimum Gasteiger partial charge on any atom is -0.497 e. The Balaban J connectivity index is 2.05. The molecule has 0 aliphatic carbocycles. The van der Waals surface area contributed by atoms with Gasteiger partial charge in [0, 0.05) is 0 Å². The van der Waals surface area contributed by atoms with E-state index in [-0.39, 0.29) is 11.3 Å². The van der Waals surface area contributed by atoms with Crippen molar-refractivity contribution in [3.8, 4) is 11.5 Å². The number of methoxy groups -OCH3 is 2. The number of anilines is 1. The number of rotatable bonds is 7. The lowest BCUT2D eigenvalue weighted by molar-refractivity contribution is -0.127. The third-order valence-electron chi connectivity index (χ3n) is 4.33. The van der Waals surface area contributed by atoms with E-state index in [0.29, 0.717) is 18.0 Å². The van der Waals surface area contributed by atoms with Crippen LogP contribution in [0, 0.1) is 0 Å². The van der Waals surface area contributed by atoms with Gasteiger partial charge in [0.1, 0.15) is 17.6 Å². The van der Waals surface area contributed by atoms with Crippen molar-refractivity contribution in [1.29, 1.82) is 0 Å². The summed E-state index contributed by atoms with van der Waals surface area (Å²) in [6.45, 7) is 8.43. The molecule has 146 valence electrons. The lowest BCUT2D eigenvalue weighted by Gasteiger charge is -2.22. The summed E-state index contributed by atoms with van der Waals surface area (Å²) in [4.78, 5) is 12.6. The molecule has 0 spiro atoms. The Labute approximate surface area is 161 Å². The topological polar surface area (TPSA) is 56.8 Å². The Bertz CT molecular complexity index is 780. The van der Waals surface area contributed by atoms with Crippen LogP contribution in [0.2, 0.25) is 0 Å². The third-order valence-corrected chi connectivity index (χ3v) is 4.33. The smallest absolute Gasteiger partial charge is 0.253 e. The molecular formula is C22H29NO4. The van der Waals surface area contributed by atoms with Crippen molar-refractivity contribution < 1.29 is 19.0 Å². The summed E-state index contributed by atoms with van der Waals surface area (Å²) < 4.78 is 16.3. The first-order valence-electron chi connectivity index (χ1n) is 8.98. The van der Waals surface area contributed by atoms with Gasteiger partial charge in [0.05, 0.1) is 26.5 Å². The molecule has 0 unspecified atom stereocenters. The van der Waals surface area contributed by atoms with Crippen molar-refractivity contribution in [3.63, 3.8) is 0 Å². The molecule has 0 saturated heterocycles. The van der Waals surface area contributed by atoms with Gasteiger partial charge in [-0.25, -0.2) is 0 Å². The normalized spacial score (nSPS) is 12.4. The molecule has 1 amide bonds. The minimum absolute atomic E-state index is 0.0275. The molecule has 0 aromatic heterocycles. The first-order valence-corrected chi connectivity index (χ1v) is 8.98. The molecule has 0 bridgehead atoms. The van der Waals surface area contributed by atoms with Crippen LogP contribution in [-0.4, -0.2) is 26.2 Å². The van der Waals surface area contributed by atoms with E-state index in [2.05, 4.69) is 26.1 Å². The van der Waals surface area contributed by atoms with Gasteiger partial charge in [0.15, 0.2) is 0 Å². The molecule has 0 saturated carbocycles. The summed E-state index contributed by atoms with van der Waals surface area (Å²) in [5.41, 5.74) is 2.68. The zero-order valence-corrected chi connectivity index (χ0v) is 17.0. The Morgan fingerprint density at radius 1 is 1.07 bits per heavy atom. The summed E-state index contributed by atoms with van der Waals surface area (Å²) in [5.74, 6) is 1.16. The van der Waals surface area contributed by atoms with Gasteiger partial charge in [0.25, 0.3) is 5.91 Å². The number of hydrogen-bond acceptors (Lipinski definition) is 4. The number of carbonyl (C=O) groups excluding carboxylic acids is 1. The van der Waals surface area contributed by atoms with E-state index in [0.717, 1.165) is 16.9 Å². The van der Waals surface area contributed by atoms with Gasteiger partial charge in [-0.15, -0.1) is 0 Å². The van der Waals surface area contributed by atoms with Crippen molar-refractivity contribution in [2.24, 2.45) is 0 Å². The Hall–Kier alpha value is -2.53. The molecule has 5 heteroatoms. The lowest BCUT2D eigenvalue weighted by Crippen LogP contribution is -2.28. The van der Waals surface area contributed by atoms with Crippen LogP contribution in [-0.2, 0) is 21.6 Å². The molecule has 0 radical (unpaired) electrons. The lowest BCUT2D eigenvalue weighted by atomic mass is 9.87. The molecule has 2 rings (SSSR count). The number of nitrogens with one attached hydrogen (secondary N) is 1. The second-order valence-corrected chi connectivity index (χ2v) is 7.46. The number of benzene rings is 2. The summed E-state index contributed by atoms with van der Waals surface area (Å²) in [6.07, 6.45) is -0.612. The highest BCUT2D eigenvalue weighted by atomic mass is 16.5. The van der Waals surface area contributed by atoms with E-state index < -0.39 is 6.10 Å². The highest BCUT2D eigenvalue weighted by Crippen LogP contribution is 2.31. The molecule has 2 aromatic carbocycles. The number of hydrogen-bond donors (Lipinski definition) is 1. The van der Waals surface area contributed by atoms with Gasteiger partial charge in [-0.05, 0) is 47.7 Å². The van der Waals surface area contributed by atoms with Gasteiger partial charge in [-0.1, -0.05) is 39.0 Å². The van der Waals surface area contributed by atoms with E-state index in [1.165, 1.54) is 0 Å². The third kappa shape index (κ3) is 5.73. The predicted octanol–water partition coefficient (Wildman–Crippen LogP) is 4.55. The largest absolute Gasteiger partial charge is 0.497 e. The second-order valence-electron chi connectivity index (χ2n) is 7.46. The Morgan fingerprint density at radius 3 is 2.44 bits per heavy atom. The maximum absolute atomic E-state index is 12.6. The number of ether oxygens (including phenoxy) is 3. The summed E-state index contributed by atoms with van der Waals surface area (Å²) in [7, 11) is 3.21. The maximum atomic E-state index is 12.6. The average Bonchev–Trinajstić information content (AvgIpc) is 2.65. The monoisotopic (exact) mass is 371 g/mol. The molecule has 0 aliphatic heterocycles. The Kier molecular flexibility index (Phi) is 6.86. The van der Waals surface area contributed by atoms with E-state index in [1.807, 2.05) is 42.5 Å². The van der Waals surface area contributed by atoms with Crippen LogP contribution in [0.4, 0.5) is 5.69 Å². The van der Waals surface area contributed by atoms with Crippen LogP contribution < -0.4 is 14.8 Å². The molecule has 0 heterocycles. The molecule has 0 aliphatic rings. The van der Waals surface area contributed by atoms with Crippen molar-refractivity contribution in [2.45, 2.75) is 45.8 Å². The fraction of sp³-hybridized carbons (Fsp3) is 0.409. The van der Waals surface area contributed by atoms with Crippen LogP contribution in [0.25, 0.3) is 0 Å². The van der Waals surface area contributed by atoms with Crippen molar-refractivity contribution in [3.05, 3.63) is 53.6 Å². The molecule has 1 N–H and O–H groups in total. The highest BCUT2D eigenvalue weighted by Gasteiger charge is 2.19. The standard InChI is InChI=1S/C22H29NO4/c1-15(27-14-16-8-7-9-18(12-16)25-5)21(24)23-19-13-17(22(2,3)4)10-11-20(19)26-6/h7-13,15H,14H2,1-6H3,(H,23,24)/t15-/m1/s1. The average molecular weight is 371 g/mol. The second kappa shape index (κ2) is 8.91. The quantitative estimate of drug-likeness (QED) is 0.776. The molecular weight excluding hydrogens is 342 g/mol. The zero-order valence-electron chi connectivity index (χ0n) is 17.0. The fourth-order valence-corrected chi connectivity index (χ4v) is 2.57. The minimum atomic E-state index is -0.612. The molecule has 1 atom stereocenters. The van der Waals surface area contributed by atoms with Crippen molar-refractivity contribution >= 4 is 11.6 Å². The van der Waals surface area contributed by atoms with Crippen molar-refractivity contribution in [1.82, 2.24) is 0 Å². The summed E-state index contributed by atoms with van der Waals surface area (Å²) in [6, 6.07) is 13.4. The van der Waals surface area contributed by atoms with Crippen LogP contribution >= 0.6 is 0 Å². The van der Waals surface area contributed by atoms with Crippen LogP contribution in [0.5, 0.6) is 11.5 Å². The maximum Gasteiger partial charge on any atom is 0.253 e. The van der Waals surface area contributed by atoms with Gasteiger partial charge in [0.2, 0.25) is 0 Å². The SMILES string of the molecule is COc1cccc(CO[C@H](C)C(=O)Nc2cc(C(C)(C)C)ccc2OC)c1. The molecule has 27 heavy (non-hydrogen) atoms. The van der Waals surface area contributed by atoms with Gasteiger partial charge in [-0.2, -0.15) is 0 Å². The van der Waals surface area contributed by atoms with E-state index in [9.17, 15) is 4.79 Å². The van der Waals surface area contributed by atoms with Gasteiger partial charge >= 0.3 is 0 Å². The molecule has 0 fully saturated rings. The predicted molar refractivity (Wildman–Crippen MR) is 108 cm³/mol. The number of carbonyl (C=O) groups is 1. The molecule has 2 aromatic rings. The summed E-state index contributed by atoms with van der Waals surface area (Å²) in [5, 5.41) is 2.92. The first kappa shape index (κ1) is 20.8. The summed E-state index contributed by atoms with van der Waals surface area (Å²) >= 11 is 0. The van der Waals surface area contributed by atoms with Crippen LogP contribution in [0.3, 0.4) is 0 Å². The highest BCUT2D eigenvalue weighted by molar-refractivity contribution is 5.95. The van der Waals surface area contributed by atoms with E-state index in [4.69, 9.17) is 14.2 Å². The van der Waals surface area contributed by atoms with Gasteiger partial charge in [-0.3, -0.25) is 4.79 Å². The van der Waals surface area contributed by atoms with E-state index >= 15 is 0 Å². The fourth-order valence-electron chi connectivity index (χ4n) is 2.57. The zero-order chi connectivity index (χ0) is 20.0. The molecule has 5 nitrogen and oxygen atoms in total.